The molecule has 0 bridgehead atoms. The fourth-order valence-corrected chi connectivity index (χ4v) is 2.29. The van der Waals surface area contributed by atoms with E-state index < -0.39 is 0 Å². The number of nitrogens with zero attached hydrogens (tertiary/aromatic N) is 3. The molecule has 104 valence electrons. The number of unbranched alkanes of at least 4 members (excludes halogenated alkanes) is 3. The minimum absolute atomic E-state index is 0.807. The van der Waals surface area contributed by atoms with Crippen LogP contribution in [0.5, 0.6) is 0 Å². The minimum atomic E-state index is 0.807. The lowest BCUT2D eigenvalue weighted by atomic mass is 10.1. The van der Waals surface area contributed by atoms with Crippen LogP contribution in [0.25, 0.3) is 0 Å². The maximum Gasteiger partial charge on any atom is 0.0725 e. The van der Waals surface area contributed by atoms with Gasteiger partial charge in [0.15, 0.2) is 0 Å². The standard InChI is InChI=1S/C14H27N3S/c1-13(2)8-5-6-10-17-14(12-15-16-17)9-4-3-7-11-18/h12-13,18H,3-11H2,1-2H3. The highest BCUT2D eigenvalue weighted by molar-refractivity contribution is 7.80. The van der Waals surface area contributed by atoms with Gasteiger partial charge in [0.1, 0.15) is 0 Å². The van der Waals surface area contributed by atoms with Gasteiger partial charge in [-0.15, -0.1) is 5.10 Å². The van der Waals surface area contributed by atoms with Crippen molar-refractivity contribution in [3.63, 3.8) is 0 Å². The van der Waals surface area contributed by atoms with Crippen LogP contribution in [0.4, 0.5) is 0 Å². The van der Waals surface area contributed by atoms with Crippen molar-refractivity contribution in [3.8, 4) is 0 Å². The Morgan fingerprint density at radius 2 is 2.00 bits per heavy atom. The molecule has 0 aliphatic carbocycles. The molecule has 1 aromatic heterocycles. The second kappa shape index (κ2) is 9.42. The van der Waals surface area contributed by atoms with Crippen LogP contribution in [0.3, 0.4) is 0 Å². The number of hydrogen-bond donors (Lipinski definition) is 1. The van der Waals surface area contributed by atoms with E-state index in [1.165, 1.54) is 44.2 Å². The summed E-state index contributed by atoms with van der Waals surface area (Å²) >= 11 is 4.23. The van der Waals surface area contributed by atoms with Gasteiger partial charge < -0.3 is 0 Å². The van der Waals surface area contributed by atoms with E-state index in [4.69, 9.17) is 0 Å². The number of aryl methyl sites for hydroxylation is 2. The quantitative estimate of drug-likeness (QED) is 0.518. The molecule has 0 unspecified atom stereocenters. The van der Waals surface area contributed by atoms with Crippen molar-refractivity contribution >= 4 is 12.6 Å². The third kappa shape index (κ3) is 6.43. The maximum atomic E-state index is 4.23. The van der Waals surface area contributed by atoms with E-state index in [0.717, 1.165) is 24.6 Å². The van der Waals surface area contributed by atoms with Crippen LogP contribution in [0.2, 0.25) is 0 Å². The van der Waals surface area contributed by atoms with Crippen molar-refractivity contribution < 1.29 is 0 Å². The molecular weight excluding hydrogens is 242 g/mol. The molecule has 1 aromatic rings. The Kier molecular flexibility index (Phi) is 8.14. The molecule has 0 N–H and O–H groups in total. The molecule has 4 heteroatoms. The lowest BCUT2D eigenvalue weighted by Crippen LogP contribution is -2.06. The third-order valence-electron chi connectivity index (χ3n) is 3.19. The van der Waals surface area contributed by atoms with Crippen LogP contribution in [0.15, 0.2) is 6.20 Å². The Labute approximate surface area is 117 Å². The van der Waals surface area contributed by atoms with Crippen molar-refractivity contribution in [2.24, 2.45) is 5.92 Å². The lowest BCUT2D eigenvalue weighted by molar-refractivity contribution is 0.474. The van der Waals surface area contributed by atoms with Gasteiger partial charge in [-0.05, 0) is 37.4 Å². The van der Waals surface area contributed by atoms with Gasteiger partial charge in [-0.25, -0.2) is 4.68 Å². The minimum Gasteiger partial charge on any atom is -0.249 e. The monoisotopic (exact) mass is 269 g/mol. The van der Waals surface area contributed by atoms with Gasteiger partial charge in [0, 0.05) is 6.54 Å². The highest BCUT2D eigenvalue weighted by Gasteiger charge is 2.03. The SMILES string of the molecule is CC(C)CCCCn1nncc1CCCCCS. The summed E-state index contributed by atoms with van der Waals surface area (Å²) in [7, 11) is 0. The zero-order valence-electron chi connectivity index (χ0n) is 11.8. The lowest BCUT2D eigenvalue weighted by Gasteiger charge is -2.07. The van der Waals surface area contributed by atoms with Crippen molar-refractivity contribution in [1.82, 2.24) is 15.0 Å². The van der Waals surface area contributed by atoms with E-state index in [0.29, 0.717) is 0 Å². The van der Waals surface area contributed by atoms with Crippen LogP contribution < -0.4 is 0 Å². The summed E-state index contributed by atoms with van der Waals surface area (Å²) in [6, 6.07) is 0. The predicted octanol–water partition coefficient (Wildman–Crippen LogP) is 3.75. The van der Waals surface area contributed by atoms with E-state index in [1.54, 1.807) is 0 Å². The summed E-state index contributed by atoms with van der Waals surface area (Å²) in [6.45, 7) is 5.58. The first kappa shape index (κ1) is 15.5. The van der Waals surface area contributed by atoms with Gasteiger partial charge in [-0.1, -0.05) is 38.3 Å². The Morgan fingerprint density at radius 1 is 1.17 bits per heavy atom. The van der Waals surface area contributed by atoms with E-state index in [9.17, 15) is 0 Å². The van der Waals surface area contributed by atoms with E-state index in [2.05, 4.69) is 41.5 Å². The smallest absolute Gasteiger partial charge is 0.0725 e. The van der Waals surface area contributed by atoms with Crippen LogP contribution in [-0.2, 0) is 13.0 Å². The molecule has 0 amide bonds. The molecule has 0 saturated carbocycles. The number of hydrogen-bond acceptors (Lipinski definition) is 3. The van der Waals surface area contributed by atoms with Gasteiger partial charge in [-0.2, -0.15) is 12.6 Å². The van der Waals surface area contributed by atoms with Crippen molar-refractivity contribution in [2.75, 3.05) is 5.75 Å². The fourth-order valence-electron chi connectivity index (χ4n) is 2.07. The van der Waals surface area contributed by atoms with Crippen molar-refractivity contribution in [2.45, 2.75) is 65.3 Å². The molecule has 0 aliphatic heterocycles. The largest absolute Gasteiger partial charge is 0.249 e. The Hall–Kier alpha value is -0.510. The molecule has 1 heterocycles. The van der Waals surface area contributed by atoms with E-state index >= 15 is 0 Å². The van der Waals surface area contributed by atoms with Gasteiger partial charge >= 0.3 is 0 Å². The fraction of sp³-hybridized carbons (Fsp3) is 0.857. The van der Waals surface area contributed by atoms with Gasteiger partial charge in [0.2, 0.25) is 0 Å². The second-order valence-electron chi connectivity index (χ2n) is 5.37. The normalized spacial score (nSPS) is 11.3. The molecular formula is C14H27N3S. The molecule has 0 saturated heterocycles. The Bertz CT molecular complexity index is 310. The van der Waals surface area contributed by atoms with Crippen molar-refractivity contribution in [1.29, 1.82) is 0 Å². The van der Waals surface area contributed by atoms with Gasteiger partial charge in [0.05, 0.1) is 11.9 Å². The van der Waals surface area contributed by atoms with Gasteiger partial charge in [-0.3, -0.25) is 0 Å². The molecule has 3 nitrogen and oxygen atoms in total. The number of rotatable bonds is 10. The first-order chi connectivity index (χ1) is 8.74. The predicted molar refractivity (Wildman–Crippen MR) is 80.1 cm³/mol. The molecule has 0 radical (unpaired) electrons. The van der Waals surface area contributed by atoms with Crippen LogP contribution in [0.1, 0.15) is 58.1 Å². The first-order valence-electron chi connectivity index (χ1n) is 7.22. The van der Waals surface area contributed by atoms with Crippen LogP contribution in [0, 0.1) is 5.92 Å². The summed E-state index contributed by atoms with van der Waals surface area (Å²) < 4.78 is 2.08. The molecule has 0 spiro atoms. The average Bonchev–Trinajstić information content (AvgIpc) is 2.78. The second-order valence-corrected chi connectivity index (χ2v) is 5.82. The summed E-state index contributed by atoms with van der Waals surface area (Å²) in [5.74, 6) is 1.80. The number of thiol groups is 1. The topological polar surface area (TPSA) is 30.7 Å². The zero-order chi connectivity index (χ0) is 13.2. The summed E-state index contributed by atoms with van der Waals surface area (Å²) in [4.78, 5) is 0. The number of aromatic nitrogens is 3. The average molecular weight is 269 g/mol. The van der Waals surface area contributed by atoms with Crippen LogP contribution in [-0.4, -0.2) is 20.7 Å². The van der Waals surface area contributed by atoms with E-state index in [1.807, 2.05) is 6.20 Å². The highest BCUT2D eigenvalue weighted by Crippen LogP contribution is 2.10. The summed E-state index contributed by atoms with van der Waals surface area (Å²) in [5, 5.41) is 8.22. The molecule has 18 heavy (non-hydrogen) atoms. The molecule has 1 rings (SSSR count). The molecule has 0 aliphatic rings. The Morgan fingerprint density at radius 3 is 2.72 bits per heavy atom. The summed E-state index contributed by atoms with van der Waals surface area (Å²) in [6.07, 6.45) is 10.5. The van der Waals surface area contributed by atoms with E-state index in [-0.39, 0.29) is 0 Å². The molecule has 0 atom stereocenters. The Balaban J connectivity index is 2.22. The first-order valence-corrected chi connectivity index (χ1v) is 7.85. The molecule has 0 fully saturated rings. The van der Waals surface area contributed by atoms with Crippen LogP contribution >= 0.6 is 12.6 Å². The summed E-state index contributed by atoms with van der Waals surface area (Å²) in [5.41, 5.74) is 1.29. The molecule has 0 aromatic carbocycles. The zero-order valence-corrected chi connectivity index (χ0v) is 12.7. The van der Waals surface area contributed by atoms with Crippen molar-refractivity contribution in [3.05, 3.63) is 11.9 Å². The third-order valence-corrected chi connectivity index (χ3v) is 3.51. The highest BCUT2D eigenvalue weighted by atomic mass is 32.1. The maximum absolute atomic E-state index is 4.23. The van der Waals surface area contributed by atoms with Gasteiger partial charge in [0.25, 0.3) is 0 Å².